The molecule has 4 aliphatic heterocycles. The Labute approximate surface area is 290 Å². The minimum atomic E-state index is -1.01. The lowest BCUT2D eigenvalue weighted by Crippen LogP contribution is -2.54. The third-order valence-corrected chi connectivity index (χ3v) is 10.6. The summed E-state index contributed by atoms with van der Waals surface area (Å²) >= 11 is 0. The molecule has 2 N–H and O–H groups in total. The number of rotatable bonds is 7. The molecule has 12 nitrogen and oxygen atoms in total. The smallest absolute Gasteiger partial charge is 0.410 e. The Kier molecular flexibility index (Phi) is 11.9. The Balaban J connectivity index is 0.00000468. The minimum Gasteiger partial charge on any atom is -0.504 e. The van der Waals surface area contributed by atoms with E-state index in [1.165, 1.54) is 7.11 Å². The molecule has 4 amide bonds. The number of phenolic OH excluding ortho intramolecular Hbond substituents is 1. The molecule has 0 radical (unpaired) electrons. The summed E-state index contributed by atoms with van der Waals surface area (Å²) < 4.78 is 11.4. The van der Waals surface area contributed by atoms with Crippen LogP contribution in [0.3, 0.4) is 0 Å². The monoisotopic (exact) mass is 678 g/mol. The van der Waals surface area contributed by atoms with Crippen molar-refractivity contribution in [2.75, 3.05) is 78.4 Å². The van der Waals surface area contributed by atoms with E-state index in [1.807, 2.05) is 40.1 Å². The van der Waals surface area contributed by atoms with Crippen molar-refractivity contribution in [1.29, 1.82) is 0 Å². The molecule has 4 aliphatic rings. The van der Waals surface area contributed by atoms with Crippen molar-refractivity contribution in [1.82, 2.24) is 24.5 Å². The first kappa shape index (κ1) is 36.3. The van der Waals surface area contributed by atoms with Gasteiger partial charge >= 0.3 is 12.1 Å². The second-order valence-corrected chi connectivity index (χ2v) is 13.7. The highest BCUT2D eigenvalue weighted by molar-refractivity contribution is 5.91. The van der Waals surface area contributed by atoms with E-state index < -0.39 is 12.2 Å². The lowest BCUT2D eigenvalue weighted by Gasteiger charge is -2.42. The van der Waals surface area contributed by atoms with Gasteiger partial charge in [0.2, 0.25) is 0 Å². The normalized spacial score (nSPS) is 20.5. The molecule has 2 aromatic rings. The summed E-state index contributed by atoms with van der Waals surface area (Å²) in [6.45, 7) is 8.72. The van der Waals surface area contributed by atoms with E-state index >= 15 is 0 Å². The number of likely N-dealkylation sites (N-methyl/N-ethyl adjacent to an activating group) is 1. The number of aryl methyl sites for hydroxylation is 1. The molecule has 0 spiro atoms. The van der Waals surface area contributed by atoms with E-state index in [1.54, 1.807) is 17.9 Å². The molecule has 0 bridgehead atoms. The quantitative estimate of drug-likeness (QED) is 0.448. The number of fused-ring (bicyclic) bond motifs is 1. The number of nitrogens with zero attached hydrogens (tertiary/aromatic N) is 5. The Morgan fingerprint density at radius 2 is 1.57 bits per heavy atom. The Morgan fingerprint density at radius 1 is 0.918 bits per heavy atom. The summed E-state index contributed by atoms with van der Waals surface area (Å²) in [5.74, 6) is 0.177. The number of phenols is 1. The molecular weight excluding hydrogens is 624 g/mol. The van der Waals surface area contributed by atoms with Crippen molar-refractivity contribution in [3.8, 4) is 11.5 Å². The fraction of sp³-hybridized carbons (Fsp3) is 0.595. The van der Waals surface area contributed by atoms with E-state index in [2.05, 4.69) is 22.2 Å². The molecule has 268 valence electrons. The van der Waals surface area contributed by atoms with Gasteiger partial charge in [-0.05, 0) is 74.9 Å². The number of likely N-dealkylation sites (tertiary alicyclic amines) is 2. The molecule has 3 saturated heterocycles. The first-order chi connectivity index (χ1) is 23.2. The van der Waals surface area contributed by atoms with E-state index in [-0.39, 0.29) is 37.6 Å². The molecule has 1 atom stereocenters. The van der Waals surface area contributed by atoms with E-state index in [9.17, 15) is 19.5 Å². The van der Waals surface area contributed by atoms with Gasteiger partial charge in [0.05, 0.1) is 7.11 Å². The fourth-order valence-electron chi connectivity index (χ4n) is 7.62. The summed E-state index contributed by atoms with van der Waals surface area (Å²) in [5, 5.41) is 13.4. The third kappa shape index (κ3) is 8.41. The second-order valence-electron chi connectivity index (χ2n) is 13.7. The van der Waals surface area contributed by atoms with E-state index in [0.717, 1.165) is 62.3 Å². The van der Waals surface area contributed by atoms with Crippen LogP contribution in [-0.2, 0) is 22.4 Å². The highest BCUT2D eigenvalue weighted by atomic mass is 16.6. The largest absolute Gasteiger partial charge is 0.504 e. The molecule has 4 heterocycles. The van der Waals surface area contributed by atoms with Gasteiger partial charge in [-0.1, -0.05) is 31.7 Å². The van der Waals surface area contributed by atoms with Crippen molar-refractivity contribution >= 4 is 23.7 Å². The first-order valence-corrected chi connectivity index (χ1v) is 17.4. The summed E-state index contributed by atoms with van der Waals surface area (Å²) in [5.41, 5.74) is 3.34. The number of nitrogens with one attached hydrogen (secondary N) is 1. The van der Waals surface area contributed by atoms with Crippen LogP contribution < -0.4 is 10.1 Å². The van der Waals surface area contributed by atoms with Crippen molar-refractivity contribution < 1.29 is 29.0 Å². The number of methoxy groups -OCH3 is 1. The summed E-state index contributed by atoms with van der Waals surface area (Å²) in [7, 11) is 3.64. The van der Waals surface area contributed by atoms with Gasteiger partial charge in [-0.3, -0.25) is 9.69 Å². The Morgan fingerprint density at radius 3 is 2.27 bits per heavy atom. The van der Waals surface area contributed by atoms with Crippen LogP contribution >= 0.6 is 0 Å². The number of ether oxygens (including phenoxy) is 2. The van der Waals surface area contributed by atoms with E-state index in [4.69, 9.17) is 9.47 Å². The maximum Gasteiger partial charge on any atom is 0.410 e. The first-order valence-electron chi connectivity index (χ1n) is 17.4. The lowest BCUT2D eigenvalue weighted by atomic mass is 9.99. The van der Waals surface area contributed by atoms with Crippen LogP contribution in [0.1, 0.15) is 49.8 Å². The number of para-hydroxylation sites is 1. The molecule has 0 saturated carbocycles. The Hall–Kier alpha value is -4.03. The van der Waals surface area contributed by atoms with E-state index in [0.29, 0.717) is 62.9 Å². The van der Waals surface area contributed by atoms with Crippen LogP contribution in [0, 0.1) is 6.92 Å². The van der Waals surface area contributed by atoms with Gasteiger partial charge in [-0.2, -0.15) is 0 Å². The van der Waals surface area contributed by atoms with Gasteiger partial charge < -0.3 is 39.5 Å². The molecule has 6 rings (SSSR count). The number of anilines is 1. The van der Waals surface area contributed by atoms with Gasteiger partial charge in [0.15, 0.2) is 17.6 Å². The van der Waals surface area contributed by atoms with Crippen LogP contribution in [0.2, 0.25) is 0 Å². The van der Waals surface area contributed by atoms with Crippen molar-refractivity contribution in [3.63, 3.8) is 0 Å². The van der Waals surface area contributed by atoms with Crippen LogP contribution in [0.4, 0.5) is 15.3 Å². The molecular formula is C37H54N6O6. The van der Waals surface area contributed by atoms with Gasteiger partial charge in [0, 0.05) is 83.1 Å². The number of piperazine rings is 1. The number of carbonyl (C=O) groups excluding carboxylic acids is 3. The standard InChI is InChI=1S/C36H50N6O6.CH4/c1-25-22-26(23-31(47-3)33(25)43)24-32(34(44)40-13-9-28(10-14-40)39-20-18-38(2)19-21-39)48-36(46)41-15-11-29(12-16-41)42-17-8-27-6-4-5-7-30(27)37-35(42)45;/h4-7,22-23,28-29,32,43H,8-21,24H2,1-3H3,(H,37,45);1H4/t32-;/m1./s1. The maximum absolute atomic E-state index is 14.1. The minimum absolute atomic E-state index is 0. The zero-order valence-electron chi connectivity index (χ0n) is 28.5. The van der Waals surface area contributed by atoms with Crippen LogP contribution in [0.5, 0.6) is 11.5 Å². The van der Waals surface area contributed by atoms with Gasteiger partial charge in [0.25, 0.3) is 5.91 Å². The molecule has 49 heavy (non-hydrogen) atoms. The molecule has 0 aliphatic carbocycles. The van der Waals surface area contributed by atoms with Gasteiger partial charge in [-0.15, -0.1) is 0 Å². The highest BCUT2D eigenvalue weighted by Gasteiger charge is 2.36. The second kappa shape index (κ2) is 16.1. The number of urea groups is 1. The average molecular weight is 679 g/mol. The number of hydrogen-bond donors (Lipinski definition) is 2. The zero-order valence-corrected chi connectivity index (χ0v) is 28.5. The number of carbonyl (C=O) groups is 3. The predicted octanol–water partition coefficient (Wildman–Crippen LogP) is 4.19. The zero-order chi connectivity index (χ0) is 33.8. The van der Waals surface area contributed by atoms with Crippen molar-refractivity contribution in [3.05, 3.63) is 53.1 Å². The van der Waals surface area contributed by atoms with Crippen molar-refractivity contribution in [2.24, 2.45) is 0 Å². The number of piperidine rings is 2. The number of amides is 4. The highest BCUT2D eigenvalue weighted by Crippen LogP contribution is 2.32. The molecule has 3 fully saturated rings. The third-order valence-electron chi connectivity index (χ3n) is 10.6. The Bertz CT molecular complexity index is 1460. The molecule has 12 heteroatoms. The van der Waals surface area contributed by atoms with Crippen molar-refractivity contribution in [2.45, 2.75) is 71.1 Å². The topological polar surface area (TPSA) is 118 Å². The number of benzene rings is 2. The summed E-state index contributed by atoms with van der Waals surface area (Å²) in [6.07, 6.45) is 2.46. The molecule has 0 unspecified atom stereocenters. The molecule has 2 aromatic carbocycles. The fourth-order valence-corrected chi connectivity index (χ4v) is 7.62. The summed E-state index contributed by atoms with van der Waals surface area (Å²) in [4.78, 5) is 51.1. The van der Waals surface area contributed by atoms with Crippen LogP contribution in [-0.4, -0.2) is 139 Å². The lowest BCUT2D eigenvalue weighted by molar-refractivity contribution is -0.142. The summed E-state index contributed by atoms with van der Waals surface area (Å²) in [6, 6.07) is 11.7. The van der Waals surface area contributed by atoms with Gasteiger partial charge in [-0.25, -0.2) is 9.59 Å². The van der Waals surface area contributed by atoms with Gasteiger partial charge in [0.1, 0.15) is 0 Å². The number of hydrogen-bond acceptors (Lipinski definition) is 8. The average Bonchev–Trinajstić information content (AvgIpc) is 3.27. The predicted molar refractivity (Wildman–Crippen MR) is 189 cm³/mol. The molecule has 0 aromatic heterocycles. The van der Waals surface area contributed by atoms with Crippen LogP contribution in [0.25, 0.3) is 0 Å². The van der Waals surface area contributed by atoms with Crippen LogP contribution in [0.15, 0.2) is 36.4 Å². The SMILES string of the molecule is C.COc1cc(C[C@@H](OC(=O)N2CCC(N3CCc4ccccc4NC3=O)CC2)C(=O)N2CCC(N3CCN(C)CC3)CC2)cc(C)c1O. The number of aromatic hydroxyl groups is 1. The maximum atomic E-state index is 14.1.